The first kappa shape index (κ1) is 20.6. The Kier molecular flexibility index (Phi) is 9.67. The standard InChI is InChI=1S/C11H14ClN2O2.Li.Y/c1-7-5-6-8(12)13-9(7)14-10(15)16-11(2,3)4;;/h5-6H,1H2,2-4H3,(H,13,14,15);;/q-1;+1;/p-1. The van der Waals surface area contributed by atoms with E-state index in [2.05, 4.69) is 17.2 Å². The summed E-state index contributed by atoms with van der Waals surface area (Å²) in [5, 5.41) is 3.94. The monoisotopic (exact) mass is 336 g/mol. The van der Waals surface area contributed by atoms with Crippen molar-refractivity contribution >= 4 is 23.5 Å². The number of halogens is 1. The summed E-state index contributed by atoms with van der Waals surface area (Å²) in [5.74, 6) is 0.182. The normalized spacial score (nSPS) is 9.78. The zero-order valence-electron chi connectivity index (χ0n) is 11.0. The fourth-order valence-electron chi connectivity index (χ4n) is 0.922. The van der Waals surface area contributed by atoms with Crippen molar-refractivity contribution in [3.63, 3.8) is 0 Å². The molecule has 1 rings (SSSR count). The van der Waals surface area contributed by atoms with Gasteiger partial charge in [-0.3, -0.25) is 4.79 Å². The van der Waals surface area contributed by atoms with Gasteiger partial charge in [0.2, 0.25) is 0 Å². The summed E-state index contributed by atoms with van der Waals surface area (Å²) in [6.45, 7) is 8.97. The molecule has 0 saturated carbocycles. The second-order valence-corrected chi connectivity index (χ2v) is 4.60. The van der Waals surface area contributed by atoms with Crippen LogP contribution in [0.5, 0.6) is 0 Å². The van der Waals surface area contributed by atoms with Gasteiger partial charge in [0.1, 0.15) is 5.60 Å². The maximum absolute atomic E-state index is 11.4. The molecule has 0 spiro atoms. The van der Waals surface area contributed by atoms with Crippen LogP contribution in [0.25, 0.3) is 5.32 Å². The number of ether oxygens (including phenoxy) is 1. The average molecular weight is 337 g/mol. The molecule has 1 radical (unpaired) electrons. The van der Waals surface area contributed by atoms with E-state index < -0.39 is 11.7 Å². The summed E-state index contributed by atoms with van der Waals surface area (Å²) >= 11 is 5.68. The molecule has 0 aromatic carbocycles. The number of carbonyl (C=O) groups excluding carboxylic acids is 1. The fourth-order valence-corrected chi connectivity index (χ4v) is 1.07. The van der Waals surface area contributed by atoms with E-state index in [1.165, 1.54) is 0 Å². The van der Waals surface area contributed by atoms with Crippen molar-refractivity contribution in [3.8, 4) is 0 Å². The van der Waals surface area contributed by atoms with Crippen molar-refractivity contribution in [2.75, 3.05) is 0 Å². The average Bonchev–Trinajstić information content (AvgIpc) is 2.08. The number of hydrogen-bond acceptors (Lipinski definition) is 3. The van der Waals surface area contributed by atoms with Crippen LogP contribution in [0.2, 0.25) is 5.15 Å². The molecular formula is C11H13ClLiN2O2Y-. The number of carbonyl (C=O) groups is 1. The minimum absolute atomic E-state index is 0. The minimum Gasteiger partial charge on any atom is -0.491 e. The molecule has 4 nitrogen and oxygen atoms in total. The van der Waals surface area contributed by atoms with Crippen molar-refractivity contribution < 1.29 is 61.1 Å². The van der Waals surface area contributed by atoms with Crippen molar-refractivity contribution in [3.05, 3.63) is 35.1 Å². The van der Waals surface area contributed by atoms with Crippen LogP contribution in [0.3, 0.4) is 0 Å². The molecule has 0 aliphatic rings. The van der Waals surface area contributed by atoms with Gasteiger partial charge in [-0.25, -0.2) is 0 Å². The molecule has 0 atom stereocenters. The maximum Gasteiger partial charge on any atom is 1.00 e. The van der Waals surface area contributed by atoms with Gasteiger partial charge in [0.15, 0.2) is 0 Å². The molecular weight excluding hydrogens is 323 g/mol. The second-order valence-electron chi connectivity index (χ2n) is 4.21. The van der Waals surface area contributed by atoms with Crippen LogP contribution in [0, 0.1) is 6.92 Å². The first-order valence-electron chi connectivity index (χ1n) is 4.71. The van der Waals surface area contributed by atoms with Crippen LogP contribution in [-0.2, 0) is 37.4 Å². The molecule has 1 amide bonds. The summed E-state index contributed by atoms with van der Waals surface area (Å²) in [6.07, 6.45) is -0.702. The molecule has 0 unspecified atom stereocenters. The minimum atomic E-state index is -0.702. The SMILES string of the molecule is [CH2-]c1ccc(Cl)nc1[N-]C(=O)OC(C)(C)C.[Li+].[Y]. The van der Waals surface area contributed by atoms with Gasteiger partial charge in [-0.2, -0.15) is 24.4 Å². The van der Waals surface area contributed by atoms with E-state index >= 15 is 0 Å². The van der Waals surface area contributed by atoms with Crippen LogP contribution < -0.4 is 18.9 Å². The van der Waals surface area contributed by atoms with Crippen molar-refractivity contribution in [2.24, 2.45) is 0 Å². The number of rotatable bonds is 1. The van der Waals surface area contributed by atoms with Crippen molar-refractivity contribution in [1.82, 2.24) is 4.98 Å². The van der Waals surface area contributed by atoms with Gasteiger partial charge in [0.05, 0.1) is 0 Å². The van der Waals surface area contributed by atoms with Gasteiger partial charge in [0, 0.05) is 37.9 Å². The van der Waals surface area contributed by atoms with E-state index in [1.807, 2.05) is 0 Å². The topological polar surface area (TPSA) is 53.3 Å². The third-order valence-corrected chi connectivity index (χ3v) is 1.72. The summed E-state index contributed by atoms with van der Waals surface area (Å²) in [7, 11) is 0. The Morgan fingerprint density at radius 2 is 2.00 bits per heavy atom. The van der Waals surface area contributed by atoms with E-state index in [0.29, 0.717) is 5.56 Å². The zero-order valence-corrected chi connectivity index (χ0v) is 14.6. The summed E-state index contributed by atoms with van der Waals surface area (Å²) < 4.78 is 5.02. The Labute approximate surface area is 150 Å². The fraction of sp³-hybridized carbons (Fsp3) is 0.364. The third kappa shape index (κ3) is 7.66. The first-order chi connectivity index (χ1) is 7.28. The quantitative estimate of drug-likeness (QED) is 0.434. The zero-order chi connectivity index (χ0) is 12.3. The Morgan fingerprint density at radius 1 is 1.44 bits per heavy atom. The predicted octanol–water partition coefficient (Wildman–Crippen LogP) is 0.859. The molecule has 0 bridgehead atoms. The van der Waals surface area contributed by atoms with E-state index in [4.69, 9.17) is 16.3 Å². The van der Waals surface area contributed by atoms with Gasteiger partial charge in [-0.1, -0.05) is 11.6 Å². The Morgan fingerprint density at radius 3 is 2.50 bits per heavy atom. The van der Waals surface area contributed by atoms with Crippen LogP contribution in [0.1, 0.15) is 26.3 Å². The molecule has 0 aliphatic heterocycles. The molecule has 18 heavy (non-hydrogen) atoms. The molecule has 1 aromatic rings. The Balaban J connectivity index is 0. The predicted molar refractivity (Wildman–Crippen MR) is 63.0 cm³/mol. The molecule has 91 valence electrons. The van der Waals surface area contributed by atoms with Gasteiger partial charge in [0.25, 0.3) is 0 Å². The number of pyridine rings is 1. The van der Waals surface area contributed by atoms with E-state index in [0.717, 1.165) is 0 Å². The van der Waals surface area contributed by atoms with Crippen LogP contribution >= 0.6 is 11.6 Å². The van der Waals surface area contributed by atoms with E-state index in [1.54, 1.807) is 32.9 Å². The molecule has 0 N–H and O–H groups in total. The second kappa shape index (κ2) is 8.45. The Hall–Kier alpha value is 0.281. The smallest absolute Gasteiger partial charge is 0.491 e. The van der Waals surface area contributed by atoms with E-state index in [9.17, 15) is 4.79 Å². The largest absolute Gasteiger partial charge is 1.00 e. The number of aromatic nitrogens is 1. The molecule has 1 aromatic heterocycles. The first-order valence-corrected chi connectivity index (χ1v) is 5.09. The van der Waals surface area contributed by atoms with Gasteiger partial charge >= 0.3 is 25.0 Å². The van der Waals surface area contributed by atoms with Crippen LogP contribution in [-0.4, -0.2) is 16.7 Å². The Bertz CT molecular complexity index is 411. The van der Waals surface area contributed by atoms with Gasteiger partial charge in [-0.05, 0) is 20.8 Å². The van der Waals surface area contributed by atoms with Crippen LogP contribution in [0.15, 0.2) is 12.1 Å². The van der Waals surface area contributed by atoms with Gasteiger partial charge in [-0.15, -0.1) is 6.07 Å². The number of amides is 1. The van der Waals surface area contributed by atoms with Gasteiger partial charge < -0.3 is 15.0 Å². The molecule has 0 aliphatic carbocycles. The summed E-state index contributed by atoms with van der Waals surface area (Å²) in [6, 6.07) is 3.22. The number of nitrogens with zero attached hydrogens (tertiary/aromatic N) is 2. The van der Waals surface area contributed by atoms with Crippen molar-refractivity contribution in [2.45, 2.75) is 26.4 Å². The molecule has 0 saturated heterocycles. The number of hydrogen-bond donors (Lipinski definition) is 0. The third-order valence-electron chi connectivity index (χ3n) is 1.51. The molecule has 1 heterocycles. The van der Waals surface area contributed by atoms with Crippen LogP contribution in [0.4, 0.5) is 10.6 Å². The maximum atomic E-state index is 11.4. The van der Waals surface area contributed by atoms with Crippen molar-refractivity contribution in [1.29, 1.82) is 0 Å². The van der Waals surface area contributed by atoms with E-state index in [-0.39, 0.29) is 62.5 Å². The summed E-state index contributed by atoms with van der Waals surface area (Å²) in [4.78, 5) is 15.3. The summed E-state index contributed by atoms with van der Waals surface area (Å²) in [5.41, 5.74) is -0.0595. The molecule has 7 heteroatoms. The molecule has 0 fully saturated rings.